The molecule has 0 aromatic rings. The van der Waals surface area contributed by atoms with E-state index in [1.165, 1.54) is 0 Å². The first-order valence-corrected chi connectivity index (χ1v) is 8.23. The first-order valence-electron chi connectivity index (χ1n) is 8.23. The Morgan fingerprint density at radius 3 is 1.95 bits per heavy atom. The summed E-state index contributed by atoms with van der Waals surface area (Å²) < 4.78 is 10.4. The van der Waals surface area contributed by atoms with Crippen molar-refractivity contribution in [3.05, 3.63) is 0 Å². The first-order chi connectivity index (χ1) is 10.3. The lowest BCUT2D eigenvalue weighted by Crippen LogP contribution is -2.57. The van der Waals surface area contributed by atoms with Crippen molar-refractivity contribution >= 4 is 12.1 Å². The van der Waals surface area contributed by atoms with Crippen LogP contribution in [-0.4, -0.2) is 59.4 Å². The van der Waals surface area contributed by atoms with Gasteiger partial charge in [0.05, 0.1) is 5.92 Å². The predicted molar refractivity (Wildman–Crippen MR) is 82.2 cm³/mol. The highest BCUT2D eigenvalue weighted by atomic mass is 16.7. The predicted octanol–water partition coefficient (Wildman–Crippen LogP) is 2.23. The summed E-state index contributed by atoms with van der Waals surface area (Å²) >= 11 is 0. The molecule has 6 heteroatoms. The van der Waals surface area contributed by atoms with Crippen LogP contribution in [-0.2, 0) is 14.3 Å². The second-order valence-electron chi connectivity index (χ2n) is 6.88. The van der Waals surface area contributed by atoms with Crippen molar-refractivity contribution in [1.82, 2.24) is 9.80 Å². The second kappa shape index (κ2) is 6.86. The number of nitrogens with zero attached hydrogens (tertiary/aromatic N) is 2. The summed E-state index contributed by atoms with van der Waals surface area (Å²) in [6, 6.07) is 0.912. The standard InChI is InChI=1S/C16H28N2O4/c1-10(2)15(19)21-12(5)22-16(20)18-13-6-7-14(18)9-17(8-13)11(3)4/h10-14H,6-9H2,1-5H3. The number of carbonyl (C=O) groups is 2. The lowest BCUT2D eigenvalue weighted by atomic mass is 10.1. The summed E-state index contributed by atoms with van der Waals surface area (Å²) in [5, 5.41) is 0. The normalized spacial score (nSPS) is 26.4. The van der Waals surface area contributed by atoms with Crippen LogP contribution in [0.5, 0.6) is 0 Å². The third kappa shape index (κ3) is 3.72. The van der Waals surface area contributed by atoms with E-state index in [1.54, 1.807) is 20.8 Å². The Kier molecular flexibility index (Phi) is 5.32. The van der Waals surface area contributed by atoms with Crippen LogP contribution in [0.2, 0.25) is 0 Å². The van der Waals surface area contributed by atoms with Gasteiger partial charge in [0.25, 0.3) is 0 Å². The lowest BCUT2D eigenvalue weighted by Gasteiger charge is -2.42. The maximum absolute atomic E-state index is 12.4. The summed E-state index contributed by atoms with van der Waals surface area (Å²) in [7, 11) is 0. The van der Waals surface area contributed by atoms with E-state index < -0.39 is 6.29 Å². The number of rotatable bonds is 4. The van der Waals surface area contributed by atoms with E-state index in [0.717, 1.165) is 25.9 Å². The maximum Gasteiger partial charge on any atom is 0.413 e. The Hall–Kier alpha value is -1.30. The van der Waals surface area contributed by atoms with Gasteiger partial charge >= 0.3 is 12.1 Å². The van der Waals surface area contributed by atoms with Gasteiger partial charge in [0.15, 0.2) is 0 Å². The van der Waals surface area contributed by atoms with Gasteiger partial charge in [-0.1, -0.05) is 13.8 Å². The van der Waals surface area contributed by atoms with Crippen molar-refractivity contribution in [2.45, 2.75) is 71.9 Å². The van der Waals surface area contributed by atoms with Gasteiger partial charge in [-0.2, -0.15) is 0 Å². The van der Waals surface area contributed by atoms with Crippen LogP contribution in [0.1, 0.15) is 47.5 Å². The van der Waals surface area contributed by atoms with Crippen LogP contribution in [0, 0.1) is 5.92 Å². The molecule has 0 aromatic carbocycles. The fraction of sp³-hybridized carbons (Fsp3) is 0.875. The van der Waals surface area contributed by atoms with E-state index in [9.17, 15) is 9.59 Å². The van der Waals surface area contributed by atoms with Crippen LogP contribution in [0.15, 0.2) is 0 Å². The zero-order valence-electron chi connectivity index (χ0n) is 14.2. The smallest absolute Gasteiger partial charge is 0.413 e. The Morgan fingerprint density at radius 2 is 1.50 bits per heavy atom. The molecule has 0 radical (unpaired) electrons. The van der Waals surface area contributed by atoms with E-state index in [2.05, 4.69) is 18.7 Å². The van der Waals surface area contributed by atoms with Gasteiger partial charge in [0, 0.05) is 38.1 Å². The number of likely N-dealkylation sites (tertiary alicyclic amines) is 1. The number of piperazine rings is 1. The number of fused-ring (bicyclic) bond motifs is 2. The van der Waals surface area contributed by atoms with E-state index in [0.29, 0.717) is 6.04 Å². The van der Waals surface area contributed by atoms with Gasteiger partial charge in [-0.3, -0.25) is 14.6 Å². The van der Waals surface area contributed by atoms with Gasteiger partial charge in [0.2, 0.25) is 6.29 Å². The summed E-state index contributed by atoms with van der Waals surface area (Å²) in [5.41, 5.74) is 0. The number of esters is 1. The molecule has 2 fully saturated rings. The fourth-order valence-corrected chi connectivity index (χ4v) is 3.18. The average Bonchev–Trinajstić information content (AvgIpc) is 2.68. The number of ether oxygens (including phenoxy) is 2. The number of hydrogen-bond acceptors (Lipinski definition) is 5. The van der Waals surface area contributed by atoms with Crippen molar-refractivity contribution < 1.29 is 19.1 Å². The molecule has 2 rings (SSSR count). The van der Waals surface area contributed by atoms with Crippen molar-refractivity contribution in [2.24, 2.45) is 5.92 Å². The first kappa shape index (κ1) is 17.1. The van der Waals surface area contributed by atoms with Crippen molar-refractivity contribution in [3.63, 3.8) is 0 Å². The molecular weight excluding hydrogens is 284 g/mol. The topological polar surface area (TPSA) is 59.1 Å². The van der Waals surface area contributed by atoms with Crippen molar-refractivity contribution in [1.29, 1.82) is 0 Å². The Morgan fingerprint density at radius 1 is 0.955 bits per heavy atom. The minimum atomic E-state index is -0.843. The molecule has 22 heavy (non-hydrogen) atoms. The highest BCUT2D eigenvalue weighted by Crippen LogP contribution is 2.31. The third-order valence-corrected chi connectivity index (χ3v) is 4.47. The SMILES string of the molecule is CC(OC(=O)C(C)C)OC(=O)N1C2CCC1CN(C(C)C)C2. The molecule has 2 saturated heterocycles. The van der Waals surface area contributed by atoms with E-state index in [-0.39, 0.29) is 30.1 Å². The molecule has 0 aromatic heterocycles. The lowest BCUT2D eigenvalue weighted by molar-refractivity contribution is -0.170. The van der Waals surface area contributed by atoms with Crippen LogP contribution in [0.3, 0.4) is 0 Å². The van der Waals surface area contributed by atoms with E-state index in [4.69, 9.17) is 9.47 Å². The quantitative estimate of drug-likeness (QED) is 0.588. The molecule has 3 unspecified atom stereocenters. The molecule has 3 atom stereocenters. The van der Waals surface area contributed by atoms with Crippen LogP contribution < -0.4 is 0 Å². The highest BCUT2D eigenvalue weighted by Gasteiger charge is 2.44. The fourth-order valence-electron chi connectivity index (χ4n) is 3.18. The minimum Gasteiger partial charge on any atom is -0.425 e. The van der Waals surface area contributed by atoms with Crippen molar-refractivity contribution in [3.8, 4) is 0 Å². The Balaban J connectivity index is 1.90. The second-order valence-corrected chi connectivity index (χ2v) is 6.88. The molecule has 126 valence electrons. The van der Waals surface area contributed by atoms with Gasteiger partial charge in [-0.05, 0) is 26.7 Å². The molecule has 0 spiro atoms. The van der Waals surface area contributed by atoms with Crippen LogP contribution in [0.4, 0.5) is 4.79 Å². The molecule has 2 bridgehead atoms. The summed E-state index contributed by atoms with van der Waals surface area (Å²) in [4.78, 5) is 28.2. The van der Waals surface area contributed by atoms with E-state index in [1.807, 2.05) is 4.90 Å². The van der Waals surface area contributed by atoms with Crippen LogP contribution >= 0.6 is 0 Å². The minimum absolute atomic E-state index is 0.210. The molecule has 6 nitrogen and oxygen atoms in total. The van der Waals surface area contributed by atoms with Crippen LogP contribution in [0.25, 0.3) is 0 Å². The zero-order valence-corrected chi connectivity index (χ0v) is 14.2. The molecule has 2 aliphatic rings. The van der Waals surface area contributed by atoms with Gasteiger partial charge in [0.1, 0.15) is 0 Å². The molecule has 0 N–H and O–H groups in total. The van der Waals surface area contributed by atoms with Gasteiger partial charge in [-0.15, -0.1) is 0 Å². The molecule has 1 amide bonds. The van der Waals surface area contributed by atoms with Gasteiger partial charge < -0.3 is 9.47 Å². The monoisotopic (exact) mass is 312 g/mol. The molecule has 0 saturated carbocycles. The molecule has 2 heterocycles. The largest absolute Gasteiger partial charge is 0.425 e. The number of carbonyl (C=O) groups excluding carboxylic acids is 2. The molecule has 2 aliphatic heterocycles. The van der Waals surface area contributed by atoms with Gasteiger partial charge in [-0.25, -0.2) is 4.79 Å². The summed E-state index contributed by atoms with van der Waals surface area (Å²) in [6.45, 7) is 11.2. The highest BCUT2D eigenvalue weighted by molar-refractivity contribution is 5.72. The summed E-state index contributed by atoms with van der Waals surface area (Å²) in [6.07, 6.45) is 0.830. The van der Waals surface area contributed by atoms with Crippen molar-refractivity contribution in [2.75, 3.05) is 13.1 Å². The zero-order chi connectivity index (χ0) is 16.4. The summed E-state index contributed by atoms with van der Waals surface area (Å²) in [5.74, 6) is -0.584. The maximum atomic E-state index is 12.4. The Bertz CT molecular complexity index is 410. The third-order valence-electron chi connectivity index (χ3n) is 4.47. The number of hydrogen-bond donors (Lipinski definition) is 0. The Labute approximate surface area is 132 Å². The molecular formula is C16H28N2O4. The average molecular weight is 312 g/mol. The molecule has 0 aliphatic carbocycles. The van der Waals surface area contributed by atoms with E-state index >= 15 is 0 Å². The number of amides is 1.